The number of benzene rings is 1. The molecule has 2 heterocycles. The van der Waals surface area contributed by atoms with Crippen molar-refractivity contribution >= 4 is 34.8 Å². The number of halogens is 4. The van der Waals surface area contributed by atoms with Gasteiger partial charge in [-0.3, -0.25) is 9.20 Å². The lowest BCUT2D eigenvalue weighted by Gasteiger charge is -2.11. The number of hydrogen-bond acceptors (Lipinski definition) is 4. The highest BCUT2D eigenvalue weighted by Gasteiger charge is 2.32. The van der Waals surface area contributed by atoms with Crippen LogP contribution >= 0.6 is 23.4 Å². The van der Waals surface area contributed by atoms with Gasteiger partial charge in [0.2, 0.25) is 0 Å². The molecule has 0 aliphatic rings. The van der Waals surface area contributed by atoms with Gasteiger partial charge in [0.1, 0.15) is 0 Å². The van der Waals surface area contributed by atoms with Gasteiger partial charge in [-0.15, -0.1) is 10.2 Å². The summed E-state index contributed by atoms with van der Waals surface area (Å²) in [5.74, 6) is -0.152. The van der Waals surface area contributed by atoms with Crippen LogP contribution in [0, 0.1) is 0 Å². The van der Waals surface area contributed by atoms with Crippen LogP contribution < -0.4 is 0 Å². The average molecular weight is 386 g/mol. The lowest BCUT2D eigenvalue weighted by Crippen LogP contribution is -2.14. The third-order valence-electron chi connectivity index (χ3n) is 3.47. The summed E-state index contributed by atoms with van der Waals surface area (Å²) in [6.07, 6.45) is -3.67. The van der Waals surface area contributed by atoms with Crippen molar-refractivity contribution in [2.24, 2.45) is 0 Å². The smallest absolute Gasteiger partial charge is 0.293 e. The molecule has 0 amide bonds. The molecule has 25 heavy (non-hydrogen) atoms. The summed E-state index contributed by atoms with van der Waals surface area (Å²) < 4.78 is 40.1. The number of fused-ring (bicyclic) bond motifs is 1. The van der Waals surface area contributed by atoms with Crippen LogP contribution in [0.3, 0.4) is 0 Å². The third-order valence-corrected chi connectivity index (χ3v) is 4.80. The van der Waals surface area contributed by atoms with Gasteiger partial charge >= 0.3 is 6.18 Å². The first kappa shape index (κ1) is 17.8. The lowest BCUT2D eigenvalue weighted by atomic mass is 10.1. The monoisotopic (exact) mass is 385 g/mol. The molecule has 0 N–H and O–H groups in total. The van der Waals surface area contributed by atoms with Gasteiger partial charge in [-0.25, -0.2) is 0 Å². The molecule has 0 radical (unpaired) electrons. The summed E-state index contributed by atoms with van der Waals surface area (Å²) in [6, 6.07) is 9.44. The Kier molecular flexibility index (Phi) is 4.75. The molecule has 4 nitrogen and oxygen atoms in total. The molecule has 0 fully saturated rings. The molecule has 0 spiro atoms. The Bertz CT molecular complexity index is 928. The number of nitrogens with zero attached hydrogens (tertiary/aromatic N) is 3. The number of aromatic nitrogens is 3. The van der Waals surface area contributed by atoms with Crippen LogP contribution in [0.2, 0.25) is 5.02 Å². The number of carbonyl (C=O) groups is 1. The zero-order valence-electron chi connectivity index (χ0n) is 12.8. The number of thioether (sulfide) groups is 1. The van der Waals surface area contributed by atoms with E-state index in [1.54, 1.807) is 37.3 Å². The van der Waals surface area contributed by atoms with Crippen molar-refractivity contribution in [1.29, 1.82) is 0 Å². The number of ketones is 1. The highest BCUT2D eigenvalue weighted by atomic mass is 35.5. The second-order valence-electron chi connectivity index (χ2n) is 5.24. The van der Waals surface area contributed by atoms with E-state index >= 15 is 0 Å². The van der Waals surface area contributed by atoms with Gasteiger partial charge in [-0.2, -0.15) is 13.2 Å². The molecule has 3 aromatic rings. The summed E-state index contributed by atoms with van der Waals surface area (Å²) in [6.45, 7) is 1.66. The molecule has 0 aliphatic heterocycles. The minimum atomic E-state index is -4.55. The van der Waals surface area contributed by atoms with Crippen LogP contribution in [-0.4, -0.2) is 25.6 Å². The minimum Gasteiger partial charge on any atom is -0.293 e. The minimum absolute atomic E-state index is 0.108. The molecule has 0 unspecified atom stereocenters. The first-order valence-corrected chi connectivity index (χ1v) is 8.40. The van der Waals surface area contributed by atoms with Gasteiger partial charge in [-0.05, 0) is 13.0 Å². The Balaban J connectivity index is 1.94. The molecule has 9 heteroatoms. The van der Waals surface area contributed by atoms with Crippen molar-refractivity contribution in [3.63, 3.8) is 0 Å². The summed E-state index contributed by atoms with van der Waals surface area (Å²) in [4.78, 5) is 12.4. The molecule has 1 aromatic carbocycles. The second kappa shape index (κ2) is 6.68. The Morgan fingerprint density at radius 1 is 1.24 bits per heavy atom. The predicted molar refractivity (Wildman–Crippen MR) is 89.1 cm³/mol. The van der Waals surface area contributed by atoms with Gasteiger partial charge < -0.3 is 0 Å². The van der Waals surface area contributed by atoms with Crippen LogP contribution in [-0.2, 0) is 6.18 Å². The molecule has 1 atom stereocenters. The van der Waals surface area contributed by atoms with Crippen molar-refractivity contribution in [3.05, 3.63) is 58.7 Å². The Morgan fingerprint density at radius 3 is 2.56 bits per heavy atom. The molecule has 130 valence electrons. The van der Waals surface area contributed by atoms with Crippen LogP contribution in [0.25, 0.3) is 5.65 Å². The van der Waals surface area contributed by atoms with E-state index in [9.17, 15) is 18.0 Å². The van der Waals surface area contributed by atoms with Crippen LogP contribution in [0.1, 0.15) is 22.8 Å². The third kappa shape index (κ3) is 3.64. The highest BCUT2D eigenvalue weighted by Crippen LogP contribution is 2.34. The van der Waals surface area contributed by atoms with Crippen molar-refractivity contribution in [1.82, 2.24) is 14.6 Å². The molecule has 0 aliphatic carbocycles. The highest BCUT2D eigenvalue weighted by molar-refractivity contribution is 8.00. The zero-order chi connectivity index (χ0) is 18.2. The molecular weight excluding hydrogens is 375 g/mol. The average Bonchev–Trinajstić information content (AvgIpc) is 2.97. The first-order chi connectivity index (χ1) is 11.8. The van der Waals surface area contributed by atoms with E-state index in [1.165, 1.54) is 0 Å². The standard InChI is InChI=1S/C16H11ClF3N3OS/c1-9(13(24)10-5-3-2-4-6-10)25-15-22-21-14-12(17)7-11(8-23(14)15)16(18,19)20/h2-9H,1H3/t9-/m0/s1. The lowest BCUT2D eigenvalue weighted by molar-refractivity contribution is -0.137. The van der Waals surface area contributed by atoms with Gasteiger partial charge in [-0.1, -0.05) is 53.7 Å². The molecule has 0 saturated carbocycles. The van der Waals surface area contributed by atoms with E-state index in [1.807, 2.05) is 0 Å². The number of hydrogen-bond donors (Lipinski definition) is 0. The number of pyridine rings is 1. The normalized spacial score (nSPS) is 13.2. The summed E-state index contributed by atoms with van der Waals surface area (Å²) in [7, 11) is 0. The zero-order valence-corrected chi connectivity index (χ0v) is 14.4. The van der Waals surface area contributed by atoms with Gasteiger partial charge in [0, 0.05) is 11.8 Å². The fraction of sp³-hybridized carbons (Fsp3) is 0.188. The van der Waals surface area contributed by atoms with Crippen LogP contribution in [0.15, 0.2) is 47.8 Å². The molecular formula is C16H11ClF3N3OS. The fourth-order valence-corrected chi connectivity index (χ4v) is 3.36. The number of alkyl halides is 3. The Morgan fingerprint density at radius 2 is 1.92 bits per heavy atom. The SMILES string of the molecule is C[C@H](Sc1nnc2c(Cl)cc(C(F)(F)F)cn12)C(=O)c1ccccc1. The topological polar surface area (TPSA) is 47.3 Å². The quantitative estimate of drug-likeness (QED) is 0.479. The van der Waals surface area contributed by atoms with E-state index in [-0.39, 0.29) is 21.6 Å². The Hall–Kier alpha value is -2.06. The van der Waals surface area contributed by atoms with E-state index < -0.39 is 17.0 Å². The van der Waals surface area contributed by atoms with E-state index in [2.05, 4.69) is 10.2 Å². The van der Waals surface area contributed by atoms with Crippen molar-refractivity contribution in [2.45, 2.75) is 23.5 Å². The Labute approximate surface area is 150 Å². The van der Waals surface area contributed by atoms with Gasteiger partial charge in [0.15, 0.2) is 16.6 Å². The fourth-order valence-electron chi connectivity index (χ4n) is 2.22. The largest absolute Gasteiger partial charge is 0.417 e. The number of carbonyl (C=O) groups excluding carboxylic acids is 1. The second-order valence-corrected chi connectivity index (χ2v) is 6.96. The van der Waals surface area contributed by atoms with E-state index in [0.717, 1.165) is 28.4 Å². The number of rotatable bonds is 4. The summed E-state index contributed by atoms with van der Waals surface area (Å²) >= 11 is 6.90. The maximum atomic E-state index is 13.0. The van der Waals surface area contributed by atoms with Crippen LogP contribution in [0.4, 0.5) is 13.2 Å². The molecule has 3 rings (SSSR count). The first-order valence-electron chi connectivity index (χ1n) is 7.15. The maximum Gasteiger partial charge on any atom is 0.417 e. The van der Waals surface area contributed by atoms with Gasteiger partial charge in [0.25, 0.3) is 0 Å². The molecule has 0 saturated heterocycles. The predicted octanol–water partition coefficient (Wildman–Crippen LogP) is 4.77. The maximum absolute atomic E-state index is 13.0. The van der Waals surface area contributed by atoms with Gasteiger partial charge in [0.05, 0.1) is 15.8 Å². The van der Waals surface area contributed by atoms with Crippen LogP contribution in [0.5, 0.6) is 0 Å². The van der Waals surface area contributed by atoms with E-state index in [0.29, 0.717) is 5.56 Å². The van der Waals surface area contributed by atoms with Crippen molar-refractivity contribution in [2.75, 3.05) is 0 Å². The molecule has 2 aromatic heterocycles. The summed E-state index contributed by atoms with van der Waals surface area (Å²) in [5.41, 5.74) is -0.282. The van der Waals surface area contributed by atoms with E-state index in [4.69, 9.17) is 11.6 Å². The van der Waals surface area contributed by atoms with Crippen molar-refractivity contribution in [3.8, 4) is 0 Å². The number of Topliss-reactive ketones (excluding diaryl/α,β-unsaturated/α-hetero) is 1. The summed E-state index contributed by atoms with van der Waals surface area (Å²) in [5, 5.41) is 7.13. The molecule has 0 bridgehead atoms. The van der Waals surface area contributed by atoms with Crippen molar-refractivity contribution < 1.29 is 18.0 Å².